The van der Waals surface area contributed by atoms with Crippen molar-refractivity contribution in [3.8, 4) is 0 Å². The molecule has 1 unspecified atom stereocenters. The van der Waals surface area contributed by atoms with Crippen molar-refractivity contribution in [3.05, 3.63) is 4.88 Å². The summed E-state index contributed by atoms with van der Waals surface area (Å²) in [5.74, 6) is 0.363. The maximum absolute atomic E-state index is 12.4. The molecule has 1 fully saturated rings. The number of aliphatic hydroxyl groups is 1. The largest absolute Gasteiger partial charge is 0.396 e. The number of rotatable bonds is 6. The van der Waals surface area contributed by atoms with Gasteiger partial charge in [-0.05, 0) is 25.2 Å². The van der Waals surface area contributed by atoms with Crippen LogP contribution in [0.15, 0.2) is 0 Å². The van der Waals surface area contributed by atoms with Crippen LogP contribution in [-0.4, -0.2) is 41.7 Å². The average Bonchev–Trinajstić information content (AvgIpc) is 3.06. The van der Waals surface area contributed by atoms with E-state index in [0.717, 1.165) is 31.1 Å². The second-order valence-corrected chi connectivity index (χ2v) is 6.72. The lowest BCUT2D eigenvalue weighted by molar-refractivity contribution is 0.0921. The molecule has 0 saturated carbocycles. The molecule has 118 valence electrons. The Balaban J connectivity index is 2.07. The number of anilines is 2. The highest BCUT2D eigenvalue weighted by Crippen LogP contribution is 2.30. The van der Waals surface area contributed by atoms with Crippen molar-refractivity contribution in [2.45, 2.75) is 39.2 Å². The smallest absolute Gasteiger partial charge is 0.265 e. The quantitative estimate of drug-likeness (QED) is 0.740. The molecule has 1 aromatic rings. The van der Waals surface area contributed by atoms with E-state index in [1.807, 2.05) is 13.8 Å². The first-order valence-corrected chi connectivity index (χ1v) is 8.27. The monoisotopic (exact) mass is 312 g/mol. The zero-order valence-electron chi connectivity index (χ0n) is 12.6. The Kier molecular flexibility index (Phi) is 5.41. The van der Waals surface area contributed by atoms with Crippen LogP contribution in [0.4, 0.5) is 10.9 Å². The summed E-state index contributed by atoms with van der Waals surface area (Å²) in [6.07, 6.45) is 2.86. The molecule has 0 spiro atoms. The molecule has 7 heteroatoms. The fourth-order valence-electron chi connectivity index (χ4n) is 2.47. The van der Waals surface area contributed by atoms with E-state index >= 15 is 0 Å². The summed E-state index contributed by atoms with van der Waals surface area (Å²) >= 11 is 1.35. The van der Waals surface area contributed by atoms with E-state index in [0.29, 0.717) is 17.1 Å². The van der Waals surface area contributed by atoms with Crippen LogP contribution in [0.25, 0.3) is 0 Å². The maximum Gasteiger partial charge on any atom is 0.265 e. The highest BCUT2D eigenvalue weighted by molar-refractivity contribution is 7.18. The summed E-state index contributed by atoms with van der Waals surface area (Å²) in [5, 5.41) is 12.9. The van der Waals surface area contributed by atoms with Gasteiger partial charge in [0.1, 0.15) is 10.7 Å². The fourth-order valence-corrected chi connectivity index (χ4v) is 3.41. The zero-order chi connectivity index (χ0) is 15.4. The van der Waals surface area contributed by atoms with Crippen LogP contribution in [0.3, 0.4) is 0 Å². The van der Waals surface area contributed by atoms with E-state index in [-0.39, 0.29) is 24.5 Å². The molecule has 1 amide bonds. The molecule has 2 heterocycles. The van der Waals surface area contributed by atoms with Gasteiger partial charge in [0, 0.05) is 25.7 Å². The number of amides is 1. The summed E-state index contributed by atoms with van der Waals surface area (Å²) in [7, 11) is 0. The second kappa shape index (κ2) is 7.09. The summed E-state index contributed by atoms with van der Waals surface area (Å²) in [4.78, 5) is 19.3. The van der Waals surface area contributed by atoms with Crippen molar-refractivity contribution < 1.29 is 9.90 Å². The number of thiazole rings is 1. The normalized spacial score (nSPS) is 16.5. The number of hydrogen-bond donors (Lipinski definition) is 3. The van der Waals surface area contributed by atoms with Crippen LogP contribution in [0, 0.1) is 5.92 Å². The maximum atomic E-state index is 12.4. The molecule has 2 rings (SSSR count). The molecule has 1 aliphatic heterocycles. The lowest BCUT2D eigenvalue weighted by Gasteiger charge is -2.21. The first kappa shape index (κ1) is 16.0. The standard InChI is InChI=1S/C14H24N4O2S/c1-9(2)10(5-8-19)16-13(20)11-12(15)17-14(21-11)18-6-3-4-7-18/h9-10,19H,3-8,15H2,1-2H3,(H,16,20). The molecule has 0 aromatic carbocycles. The Morgan fingerprint density at radius 2 is 2.14 bits per heavy atom. The second-order valence-electron chi connectivity index (χ2n) is 5.74. The van der Waals surface area contributed by atoms with Gasteiger partial charge in [-0.3, -0.25) is 4.79 Å². The van der Waals surface area contributed by atoms with Crippen LogP contribution in [0.5, 0.6) is 0 Å². The molecule has 4 N–H and O–H groups in total. The third-order valence-electron chi connectivity index (χ3n) is 3.79. The number of nitrogens with one attached hydrogen (secondary N) is 1. The predicted octanol–water partition coefficient (Wildman–Crippen LogP) is 1.46. The van der Waals surface area contributed by atoms with Crippen LogP contribution in [0.2, 0.25) is 0 Å². The van der Waals surface area contributed by atoms with E-state index < -0.39 is 0 Å². The van der Waals surface area contributed by atoms with E-state index in [9.17, 15) is 4.79 Å². The van der Waals surface area contributed by atoms with E-state index in [1.54, 1.807) is 0 Å². The summed E-state index contributed by atoms with van der Waals surface area (Å²) in [5.41, 5.74) is 5.90. The van der Waals surface area contributed by atoms with E-state index in [2.05, 4.69) is 15.2 Å². The minimum atomic E-state index is -0.192. The number of aromatic nitrogens is 1. The molecule has 1 aliphatic rings. The number of nitrogen functional groups attached to an aromatic ring is 1. The van der Waals surface area contributed by atoms with Gasteiger partial charge in [-0.25, -0.2) is 4.98 Å². The molecule has 0 aliphatic carbocycles. The van der Waals surface area contributed by atoms with Crippen LogP contribution in [0.1, 0.15) is 42.8 Å². The Hall–Kier alpha value is -1.34. The SMILES string of the molecule is CC(C)C(CCO)NC(=O)c1sc(N2CCCC2)nc1N. The molecule has 1 atom stereocenters. The highest BCUT2D eigenvalue weighted by atomic mass is 32.1. The Morgan fingerprint density at radius 3 is 2.71 bits per heavy atom. The highest BCUT2D eigenvalue weighted by Gasteiger charge is 2.24. The lowest BCUT2D eigenvalue weighted by atomic mass is 10.0. The van der Waals surface area contributed by atoms with Crippen LogP contribution in [-0.2, 0) is 0 Å². The third-order valence-corrected chi connectivity index (χ3v) is 4.92. The molecular formula is C14H24N4O2S. The summed E-state index contributed by atoms with van der Waals surface area (Å²) < 4.78 is 0. The average molecular weight is 312 g/mol. The number of hydrogen-bond acceptors (Lipinski definition) is 6. The fraction of sp³-hybridized carbons (Fsp3) is 0.714. The summed E-state index contributed by atoms with van der Waals surface area (Å²) in [6, 6.07) is -0.0563. The zero-order valence-corrected chi connectivity index (χ0v) is 13.4. The number of aliphatic hydroxyl groups excluding tert-OH is 1. The van der Waals surface area contributed by atoms with Gasteiger partial charge in [0.05, 0.1) is 0 Å². The summed E-state index contributed by atoms with van der Waals surface area (Å²) in [6.45, 7) is 6.05. The van der Waals surface area contributed by atoms with Gasteiger partial charge in [0.2, 0.25) is 0 Å². The number of nitrogens with two attached hydrogens (primary N) is 1. The van der Waals surface area contributed by atoms with Crippen LogP contribution < -0.4 is 16.0 Å². The van der Waals surface area contributed by atoms with Gasteiger partial charge in [-0.15, -0.1) is 0 Å². The molecular weight excluding hydrogens is 288 g/mol. The van der Waals surface area contributed by atoms with Crippen molar-refractivity contribution in [2.75, 3.05) is 30.3 Å². The van der Waals surface area contributed by atoms with Crippen molar-refractivity contribution in [1.29, 1.82) is 0 Å². The van der Waals surface area contributed by atoms with Gasteiger partial charge in [-0.2, -0.15) is 0 Å². The number of carbonyl (C=O) groups is 1. The number of carbonyl (C=O) groups excluding carboxylic acids is 1. The van der Waals surface area contributed by atoms with Gasteiger partial charge < -0.3 is 21.1 Å². The molecule has 0 bridgehead atoms. The van der Waals surface area contributed by atoms with Crippen molar-refractivity contribution in [3.63, 3.8) is 0 Å². The van der Waals surface area contributed by atoms with Crippen molar-refractivity contribution in [1.82, 2.24) is 10.3 Å². The lowest BCUT2D eigenvalue weighted by Crippen LogP contribution is -2.39. The van der Waals surface area contributed by atoms with Gasteiger partial charge in [-0.1, -0.05) is 25.2 Å². The van der Waals surface area contributed by atoms with Gasteiger partial charge in [0.15, 0.2) is 5.13 Å². The van der Waals surface area contributed by atoms with Crippen LogP contribution >= 0.6 is 11.3 Å². The Morgan fingerprint density at radius 1 is 1.48 bits per heavy atom. The van der Waals surface area contributed by atoms with Gasteiger partial charge in [0.25, 0.3) is 5.91 Å². The van der Waals surface area contributed by atoms with Crippen molar-refractivity contribution in [2.24, 2.45) is 5.92 Å². The van der Waals surface area contributed by atoms with E-state index in [4.69, 9.17) is 10.8 Å². The molecule has 0 radical (unpaired) electrons. The first-order chi connectivity index (χ1) is 10.0. The molecule has 6 nitrogen and oxygen atoms in total. The van der Waals surface area contributed by atoms with E-state index in [1.165, 1.54) is 11.3 Å². The molecule has 21 heavy (non-hydrogen) atoms. The van der Waals surface area contributed by atoms with Crippen molar-refractivity contribution >= 4 is 28.2 Å². The predicted molar refractivity (Wildman–Crippen MR) is 85.8 cm³/mol. The Labute approximate surface area is 129 Å². The first-order valence-electron chi connectivity index (χ1n) is 7.46. The molecule has 1 aromatic heterocycles. The topological polar surface area (TPSA) is 91.5 Å². The minimum absolute atomic E-state index is 0.0559. The number of nitrogens with zero attached hydrogens (tertiary/aromatic N) is 2. The van der Waals surface area contributed by atoms with Gasteiger partial charge >= 0.3 is 0 Å². The molecule has 1 saturated heterocycles. The third kappa shape index (κ3) is 3.85. The Bertz CT molecular complexity index is 483. The minimum Gasteiger partial charge on any atom is -0.396 e.